The first-order chi connectivity index (χ1) is 16.5. The van der Waals surface area contributed by atoms with Crippen LogP contribution in [0.4, 0.5) is 4.39 Å². The van der Waals surface area contributed by atoms with Crippen molar-refractivity contribution in [3.05, 3.63) is 65.6 Å². The summed E-state index contributed by atoms with van der Waals surface area (Å²) in [6.45, 7) is 2.39. The van der Waals surface area contributed by atoms with Crippen LogP contribution in [-0.4, -0.2) is 56.7 Å². The van der Waals surface area contributed by atoms with Crippen molar-refractivity contribution in [1.29, 1.82) is 0 Å². The normalized spacial score (nSPS) is 15.2. The molecule has 3 heterocycles. The van der Waals surface area contributed by atoms with E-state index in [4.69, 9.17) is 14.0 Å². The van der Waals surface area contributed by atoms with E-state index in [0.29, 0.717) is 35.5 Å². The number of hydrogen-bond donors (Lipinski definition) is 0. The summed E-state index contributed by atoms with van der Waals surface area (Å²) in [6.07, 6.45) is 3.73. The first kappa shape index (κ1) is 21.6. The molecule has 1 aliphatic rings. The molecule has 1 saturated heterocycles. The van der Waals surface area contributed by atoms with Gasteiger partial charge in [0.1, 0.15) is 11.8 Å². The predicted molar refractivity (Wildman–Crippen MR) is 117 cm³/mol. The van der Waals surface area contributed by atoms with Gasteiger partial charge in [-0.3, -0.25) is 4.79 Å². The molecule has 1 fully saturated rings. The number of rotatable bonds is 6. The SMILES string of the molecule is COc1cc(C(=O)N2CCC2c2nc(-c3cccc(F)c3OC)no2)c(-n2nccn2)cc1C. The lowest BCUT2D eigenvalue weighted by Gasteiger charge is -2.38. The molecule has 0 N–H and O–H groups in total. The summed E-state index contributed by atoms with van der Waals surface area (Å²) in [7, 11) is 2.92. The predicted octanol–water partition coefficient (Wildman–Crippen LogP) is 3.37. The van der Waals surface area contributed by atoms with Gasteiger partial charge in [0.05, 0.1) is 43.4 Å². The van der Waals surface area contributed by atoms with Crippen LogP contribution in [0, 0.1) is 12.7 Å². The van der Waals surface area contributed by atoms with Crippen molar-refractivity contribution >= 4 is 5.91 Å². The summed E-state index contributed by atoms with van der Waals surface area (Å²) in [4.78, 5) is 21.0. The minimum absolute atomic E-state index is 0.0273. The number of aromatic nitrogens is 5. The third-order valence-electron chi connectivity index (χ3n) is 5.80. The molecule has 0 aliphatic carbocycles. The largest absolute Gasteiger partial charge is 0.496 e. The molecule has 4 aromatic rings. The van der Waals surface area contributed by atoms with Crippen molar-refractivity contribution in [2.75, 3.05) is 20.8 Å². The number of likely N-dealkylation sites (tertiary alicyclic amines) is 1. The monoisotopic (exact) mass is 464 g/mol. The molecule has 1 amide bonds. The molecule has 5 rings (SSSR count). The molecular formula is C23H21FN6O4. The first-order valence-electron chi connectivity index (χ1n) is 10.5. The molecule has 1 unspecified atom stereocenters. The molecule has 0 bridgehead atoms. The van der Waals surface area contributed by atoms with Crippen LogP contribution in [0.3, 0.4) is 0 Å². The van der Waals surface area contributed by atoms with E-state index in [9.17, 15) is 9.18 Å². The average Bonchev–Trinajstić information content (AvgIpc) is 3.50. The lowest BCUT2D eigenvalue weighted by molar-refractivity contribution is 0.0378. The molecule has 0 spiro atoms. The number of aryl methyl sites for hydroxylation is 1. The Hall–Kier alpha value is -4.28. The van der Waals surface area contributed by atoms with Crippen LogP contribution in [0.2, 0.25) is 0 Å². The molecule has 1 atom stereocenters. The summed E-state index contributed by atoms with van der Waals surface area (Å²) in [6, 6.07) is 7.54. The highest BCUT2D eigenvalue weighted by atomic mass is 19.1. The zero-order chi connectivity index (χ0) is 23.8. The van der Waals surface area contributed by atoms with Crippen molar-refractivity contribution in [2.24, 2.45) is 0 Å². The molecule has 10 nitrogen and oxygen atoms in total. The smallest absolute Gasteiger partial charge is 0.256 e. The molecule has 2 aromatic heterocycles. The number of carbonyl (C=O) groups is 1. The van der Waals surface area contributed by atoms with Crippen molar-refractivity contribution in [3.8, 4) is 28.6 Å². The number of methoxy groups -OCH3 is 2. The molecule has 174 valence electrons. The van der Waals surface area contributed by atoms with Crippen LogP contribution in [0.1, 0.15) is 34.3 Å². The van der Waals surface area contributed by atoms with Crippen molar-refractivity contribution in [3.63, 3.8) is 0 Å². The number of halogens is 1. The van der Waals surface area contributed by atoms with Crippen LogP contribution in [0.25, 0.3) is 17.1 Å². The molecule has 1 aliphatic heterocycles. The van der Waals surface area contributed by atoms with E-state index in [-0.39, 0.29) is 23.4 Å². The zero-order valence-electron chi connectivity index (χ0n) is 18.7. The van der Waals surface area contributed by atoms with E-state index in [1.807, 2.05) is 13.0 Å². The van der Waals surface area contributed by atoms with Gasteiger partial charge in [-0.1, -0.05) is 11.2 Å². The lowest BCUT2D eigenvalue weighted by atomic mass is 9.99. The molecular weight excluding hydrogens is 443 g/mol. The number of nitrogens with zero attached hydrogens (tertiary/aromatic N) is 6. The van der Waals surface area contributed by atoms with Crippen molar-refractivity contribution < 1.29 is 23.2 Å². The minimum Gasteiger partial charge on any atom is -0.496 e. The van der Waals surface area contributed by atoms with Gasteiger partial charge in [0, 0.05) is 6.54 Å². The van der Waals surface area contributed by atoms with Crippen LogP contribution in [-0.2, 0) is 0 Å². The quantitative estimate of drug-likeness (QED) is 0.427. The summed E-state index contributed by atoms with van der Waals surface area (Å²) in [5.41, 5.74) is 2.13. The molecule has 34 heavy (non-hydrogen) atoms. The van der Waals surface area contributed by atoms with Crippen molar-refractivity contribution in [1.82, 2.24) is 30.0 Å². The number of para-hydroxylation sites is 1. The van der Waals surface area contributed by atoms with Gasteiger partial charge in [-0.2, -0.15) is 20.0 Å². The Balaban J connectivity index is 1.47. The number of carbonyl (C=O) groups excluding carboxylic acids is 1. The fraction of sp³-hybridized carbons (Fsp3) is 0.261. The highest BCUT2D eigenvalue weighted by molar-refractivity contribution is 5.99. The topological polar surface area (TPSA) is 108 Å². The number of hydrogen-bond acceptors (Lipinski definition) is 8. The van der Waals surface area contributed by atoms with Crippen LogP contribution in [0.15, 0.2) is 47.2 Å². The maximum Gasteiger partial charge on any atom is 0.256 e. The van der Waals surface area contributed by atoms with Gasteiger partial charge in [0.25, 0.3) is 5.91 Å². The molecule has 0 radical (unpaired) electrons. The molecule has 2 aromatic carbocycles. The van der Waals surface area contributed by atoms with Crippen LogP contribution < -0.4 is 9.47 Å². The second-order valence-electron chi connectivity index (χ2n) is 7.74. The second-order valence-corrected chi connectivity index (χ2v) is 7.74. The van der Waals surface area contributed by atoms with E-state index in [1.54, 1.807) is 36.5 Å². The summed E-state index contributed by atoms with van der Waals surface area (Å²) < 4.78 is 30.1. The third-order valence-corrected chi connectivity index (χ3v) is 5.80. The number of amides is 1. The van der Waals surface area contributed by atoms with Gasteiger partial charge in [-0.15, -0.1) is 0 Å². The zero-order valence-corrected chi connectivity index (χ0v) is 18.7. The van der Waals surface area contributed by atoms with Gasteiger partial charge in [-0.25, -0.2) is 4.39 Å². The average molecular weight is 464 g/mol. The van der Waals surface area contributed by atoms with Gasteiger partial charge < -0.3 is 18.9 Å². The Morgan fingerprint density at radius 1 is 1.18 bits per heavy atom. The molecule has 0 saturated carbocycles. The Morgan fingerprint density at radius 3 is 2.65 bits per heavy atom. The van der Waals surface area contributed by atoms with E-state index in [2.05, 4.69) is 20.3 Å². The van der Waals surface area contributed by atoms with Crippen LogP contribution >= 0.6 is 0 Å². The standard InChI is InChI=1S/C23H21FN6O4/c1-13-11-18(30-25-8-9-26-30)15(12-19(13)32-2)23(31)29-10-7-17(29)22-27-21(28-34-22)14-5-4-6-16(24)20(14)33-3/h4-6,8-9,11-12,17H,7,10H2,1-3H3. The minimum atomic E-state index is -0.528. The maximum absolute atomic E-state index is 14.1. The number of ether oxygens (including phenoxy) is 2. The van der Waals surface area contributed by atoms with Crippen LogP contribution in [0.5, 0.6) is 11.5 Å². The second kappa shape index (κ2) is 8.58. The number of benzene rings is 2. The maximum atomic E-state index is 14.1. The molecule has 11 heteroatoms. The van der Waals surface area contributed by atoms with Crippen molar-refractivity contribution in [2.45, 2.75) is 19.4 Å². The Kier molecular flexibility index (Phi) is 5.44. The Morgan fingerprint density at radius 2 is 1.97 bits per heavy atom. The summed E-state index contributed by atoms with van der Waals surface area (Å²) >= 11 is 0. The Labute approximate surface area is 193 Å². The fourth-order valence-corrected chi connectivity index (χ4v) is 3.98. The van der Waals surface area contributed by atoms with E-state index < -0.39 is 11.9 Å². The highest BCUT2D eigenvalue weighted by Crippen LogP contribution is 2.37. The van der Waals surface area contributed by atoms with E-state index >= 15 is 0 Å². The third kappa shape index (κ3) is 3.54. The van der Waals surface area contributed by atoms with E-state index in [0.717, 1.165) is 5.56 Å². The summed E-state index contributed by atoms with van der Waals surface area (Å²) in [5, 5.41) is 12.3. The summed E-state index contributed by atoms with van der Waals surface area (Å²) in [5.74, 6) is 0.279. The first-order valence-corrected chi connectivity index (χ1v) is 10.5. The highest BCUT2D eigenvalue weighted by Gasteiger charge is 2.39. The fourth-order valence-electron chi connectivity index (χ4n) is 3.98. The van der Waals surface area contributed by atoms with Gasteiger partial charge in [0.2, 0.25) is 11.7 Å². The van der Waals surface area contributed by atoms with Gasteiger partial charge >= 0.3 is 0 Å². The lowest BCUT2D eigenvalue weighted by Crippen LogP contribution is -2.45. The Bertz CT molecular complexity index is 1350. The van der Waals surface area contributed by atoms with Gasteiger partial charge in [0.15, 0.2) is 11.6 Å². The van der Waals surface area contributed by atoms with Gasteiger partial charge in [-0.05, 0) is 43.2 Å². The van der Waals surface area contributed by atoms with E-state index in [1.165, 1.54) is 24.0 Å².